The number of aryl methyl sites for hydroxylation is 1. The van der Waals surface area contributed by atoms with Crippen LogP contribution in [0, 0.1) is 12.7 Å². The van der Waals surface area contributed by atoms with E-state index in [1.807, 2.05) is 6.07 Å². The van der Waals surface area contributed by atoms with Crippen molar-refractivity contribution in [1.29, 1.82) is 0 Å². The summed E-state index contributed by atoms with van der Waals surface area (Å²) in [6.45, 7) is 3.39. The molecule has 0 atom stereocenters. The number of Topliss-reactive ketones (excluding diaryl/α,β-unsaturated/α-hetero) is 1. The summed E-state index contributed by atoms with van der Waals surface area (Å²) >= 11 is 0. The van der Waals surface area contributed by atoms with Crippen molar-refractivity contribution in [2.24, 2.45) is 0 Å². The number of pyridine rings is 2. The summed E-state index contributed by atoms with van der Waals surface area (Å²) in [6, 6.07) is 10.4. The molecule has 3 rings (SSSR count). The van der Waals surface area contributed by atoms with Gasteiger partial charge in [0.25, 0.3) is 0 Å². The van der Waals surface area contributed by atoms with Crippen molar-refractivity contribution in [3.05, 3.63) is 71.3 Å². The largest absolute Gasteiger partial charge is 0.481 e. The summed E-state index contributed by atoms with van der Waals surface area (Å²) in [5.41, 5.74) is 3.26. The lowest BCUT2D eigenvalue weighted by Gasteiger charge is -2.19. The summed E-state index contributed by atoms with van der Waals surface area (Å²) in [7, 11) is 3.11. The van der Waals surface area contributed by atoms with Crippen LogP contribution in [0.4, 0.5) is 10.1 Å². The summed E-state index contributed by atoms with van der Waals surface area (Å²) in [5.74, 6) is -0.120. The van der Waals surface area contributed by atoms with Crippen LogP contribution in [0.25, 0.3) is 11.3 Å². The highest BCUT2D eigenvalue weighted by Crippen LogP contribution is 2.30. The van der Waals surface area contributed by atoms with Crippen molar-refractivity contribution in [1.82, 2.24) is 9.97 Å². The molecule has 0 bridgehead atoms. The van der Waals surface area contributed by atoms with Gasteiger partial charge in [-0.05, 0) is 42.7 Å². The first-order chi connectivity index (χ1) is 15.3. The second kappa shape index (κ2) is 10.1. The lowest BCUT2D eigenvalue weighted by Crippen LogP contribution is -2.26. The number of nitrogens with zero attached hydrogens (tertiary/aromatic N) is 3. The molecule has 0 N–H and O–H groups in total. The number of anilines is 1. The van der Waals surface area contributed by atoms with Crippen LogP contribution in [-0.2, 0) is 11.2 Å². The van der Waals surface area contributed by atoms with Crippen molar-refractivity contribution in [3.8, 4) is 17.1 Å². The minimum Gasteiger partial charge on any atom is -0.481 e. The van der Waals surface area contributed by atoms with E-state index in [9.17, 15) is 14.0 Å². The van der Waals surface area contributed by atoms with Gasteiger partial charge in [-0.25, -0.2) is 9.37 Å². The highest BCUT2D eigenvalue weighted by Gasteiger charge is 2.18. The third kappa shape index (κ3) is 4.99. The third-order valence-corrected chi connectivity index (χ3v) is 5.41. The van der Waals surface area contributed by atoms with E-state index in [4.69, 9.17) is 4.74 Å². The number of ketones is 1. The Morgan fingerprint density at radius 3 is 2.44 bits per heavy atom. The Hall–Kier alpha value is -3.61. The van der Waals surface area contributed by atoms with Crippen LogP contribution < -0.4 is 9.64 Å². The minimum absolute atomic E-state index is 0.0298. The molecule has 0 saturated carbocycles. The third-order valence-electron chi connectivity index (χ3n) is 5.41. The lowest BCUT2D eigenvalue weighted by molar-refractivity contribution is -0.118. The summed E-state index contributed by atoms with van der Waals surface area (Å²) in [5, 5.41) is 0. The highest BCUT2D eigenvalue weighted by atomic mass is 19.1. The first-order valence-corrected chi connectivity index (χ1v) is 10.4. The molecule has 2 aromatic heterocycles. The predicted molar refractivity (Wildman–Crippen MR) is 122 cm³/mol. The zero-order valence-corrected chi connectivity index (χ0v) is 18.7. The molecule has 3 aromatic rings. The molecule has 0 aliphatic carbocycles. The van der Waals surface area contributed by atoms with Gasteiger partial charge in [-0.3, -0.25) is 14.6 Å². The normalized spacial score (nSPS) is 10.7. The standard InChI is InChI=1S/C25H26FN3O3/c1-5-24(31)29(3)21-11-9-19(16(2)25(21)26)20-10-8-18(15-27-20)22(30)12-6-17-7-13-23(32-4)28-14-17/h7-11,13-15H,5-6,12H2,1-4H3. The quantitative estimate of drug-likeness (QED) is 0.476. The molecular weight excluding hydrogens is 409 g/mol. The fraction of sp³-hybridized carbons (Fsp3) is 0.280. The van der Waals surface area contributed by atoms with E-state index in [1.165, 1.54) is 11.1 Å². The molecule has 0 saturated heterocycles. The van der Waals surface area contributed by atoms with Gasteiger partial charge in [0.15, 0.2) is 5.78 Å². The number of carbonyl (C=O) groups excluding carboxylic acids is 2. The Labute approximate surface area is 187 Å². The van der Waals surface area contributed by atoms with Gasteiger partial charge in [-0.15, -0.1) is 0 Å². The van der Waals surface area contributed by atoms with Gasteiger partial charge in [-0.2, -0.15) is 0 Å². The van der Waals surface area contributed by atoms with E-state index in [0.717, 1.165) is 5.56 Å². The molecule has 166 valence electrons. The topological polar surface area (TPSA) is 72.4 Å². The fourth-order valence-electron chi connectivity index (χ4n) is 3.38. The summed E-state index contributed by atoms with van der Waals surface area (Å²) in [4.78, 5) is 34.3. The number of carbonyl (C=O) groups is 2. The van der Waals surface area contributed by atoms with Crippen LogP contribution in [-0.4, -0.2) is 35.8 Å². The Morgan fingerprint density at radius 2 is 1.84 bits per heavy atom. The molecule has 6 nitrogen and oxygen atoms in total. The van der Waals surface area contributed by atoms with Gasteiger partial charge in [-0.1, -0.05) is 19.1 Å². The maximum absolute atomic E-state index is 14.9. The summed E-state index contributed by atoms with van der Waals surface area (Å²) in [6.07, 6.45) is 4.40. The van der Waals surface area contributed by atoms with Crippen molar-refractivity contribution >= 4 is 17.4 Å². The number of hydrogen-bond acceptors (Lipinski definition) is 5. The maximum Gasteiger partial charge on any atom is 0.226 e. The minimum atomic E-state index is -0.457. The number of methoxy groups -OCH3 is 1. The Balaban J connectivity index is 1.72. The smallest absolute Gasteiger partial charge is 0.226 e. The second-order valence-corrected chi connectivity index (χ2v) is 7.44. The van der Waals surface area contributed by atoms with Crippen LogP contribution in [0.3, 0.4) is 0 Å². The number of rotatable bonds is 8. The van der Waals surface area contributed by atoms with E-state index in [2.05, 4.69) is 9.97 Å². The molecule has 32 heavy (non-hydrogen) atoms. The maximum atomic E-state index is 14.9. The molecule has 1 aromatic carbocycles. The average molecular weight is 435 g/mol. The molecular formula is C25H26FN3O3. The number of amides is 1. The molecule has 0 aliphatic rings. The van der Waals surface area contributed by atoms with Crippen LogP contribution in [0.15, 0.2) is 48.8 Å². The molecule has 0 radical (unpaired) electrons. The van der Waals surface area contributed by atoms with Gasteiger partial charge >= 0.3 is 0 Å². The lowest BCUT2D eigenvalue weighted by atomic mass is 10.0. The van der Waals surface area contributed by atoms with Crippen LogP contribution in [0.5, 0.6) is 5.88 Å². The van der Waals surface area contributed by atoms with Crippen LogP contribution in [0.1, 0.15) is 41.3 Å². The summed E-state index contributed by atoms with van der Waals surface area (Å²) < 4.78 is 20.0. The van der Waals surface area contributed by atoms with Gasteiger partial charge in [0.2, 0.25) is 11.8 Å². The van der Waals surface area contributed by atoms with Crippen LogP contribution in [0.2, 0.25) is 0 Å². The average Bonchev–Trinajstić information content (AvgIpc) is 2.83. The number of benzene rings is 1. The number of aromatic nitrogens is 2. The number of halogens is 1. The number of ether oxygens (including phenoxy) is 1. The molecule has 1 amide bonds. The molecule has 0 spiro atoms. The van der Waals surface area contributed by atoms with E-state index < -0.39 is 5.82 Å². The fourth-order valence-corrected chi connectivity index (χ4v) is 3.38. The highest BCUT2D eigenvalue weighted by molar-refractivity contribution is 5.96. The van der Waals surface area contributed by atoms with Crippen molar-refractivity contribution in [2.45, 2.75) is 33.1 Å². The molecule has 0 unspecified atom stereocenters. The monoisotopic (exact) mass is 435 g/mol. The first-order valence-electron chi connectivity index (χ1n) is 10.4. The molecule has 7 heteroatoms. The van der Waals surface area contributed by atoms with Crippen molar-refractivity contribution in [3.63, 3.8) is 0 Å². The first kappa shape index (κ1) is 23.1. The van der Waals surface area contributed by atoms with E-state index >= 15 is 0 Å². The molecule has 0 aliphatic heterocycles. The van der Waals surface area contributed by atoms with E-state index in [-0.39, 0.29) is 17.4 Å². The van der Waals surface area contributed by atoms with Crippen LogP contribution >= 0.6 is 0 Å². The Morgan fingerprint density at radius 1 is 1.06 bits per heavy atom. The SMILES string of the molecule is CCC(=O)N(C)c1ccc(-c2ccc(C(=O)CCc3ccc(OC)nc3)cn2)c(C)c1F. The predicted octanol–water partition coefficient (Wildman–Crippen LogP) is 4.79. The molecule has 2 heterocycles. The van der Waals surface area contributed by atoms with Gasteiger partial charge in [0, 0.05) is 49.5 Å². The van der Waals surface area contributed by atoms with Gasteiger partial charge in [0.05, 0.1) is 18.5 Å². The zero-order valence-electron chi connectivity index (χ0n) is 18.7. The number of hydrogen-bond donors (Lipinski definition) is 0. The van der Waals surface area contributed by atoms with Crippen molar-refractivity contribution < 1.29 is 18.7 Å². The second-order valence-electron chi connectivity index (χ2n) is 7.44. The Bertz CT molecular complexity index is 1110. The van der Waals surface area contributed by atoms with E-state index in [1.54, 1.807) is 64.5 Å². The van der Waals surface area contributed by atoms with Gasteiger partial charge in [0.1, 0.15) is 5.82 Å². The van der Waals surface area contributed by atoms with Gasteiger partial charge < -0.3 is 9.64 Å². The van der Waals surface area contributed by atoms with Crippen molar-refractivity contribution in [2.75, 3.05) is 19.1 Å². The molecule has 0 fully saturated rings. The van der Waals surface area contributed by atoms with E-state index in [0.29, 0.717) is 47.5 Å². The zero-order chi connectivity index (χ0) is 23.3. The Kier molecular flexibility index (Phi) is 7.30.